The smallest absolute Gasteiger partial charge is 0.0593 e. The van der Waals surface area contributed by atoms with Crippen LogP contribution in [0.5, 0.6) is 0 Å². The van der Waals surface area contributed by atoms with Gasteiger partial charge in [-0.3, -0.25) is 4.90 Å². The first kappa shape index (κ1) is 14.3. The minimum atomic E-state index is 0.453. The molecule has 1 aliphatic carbocycles. The lowest BCUT2D eigenvalue weighted by molar-refractivity contribution is 0.0236. The van der Waals surface area contributed by atoms with Crippen LogP contribution in [0, 0.1) is 0 Å². The van der Waals surface area contributed by atoms with E-state index in [1.54, 1.807) is 7.11 Å². The summed E-state index contributed by atoms with van der Waals surface area (Å²) in [5.74, 6) is 0. The van der Waals surface area contributed by atoms with Gasteiger partial charge in [-0.1, -0.05) is 12.8 Å². The highest BCUT2D eigenvalue weighted by molar-refractivity contribution is 4.99. The first-order chi connectivity index (χ1) is 8.87. The minimum Gasteiger partial charge on any atom is -0.385 e. The molecule has 4 nitrogen and oxygen atoms in total. The van der Waals surface area contributed by atoms with E-state index in [1.807, 2.05) is 0 Å². The summed E-state index contributed by atoms with van der Waals surface area (Å²) in [6, 6.07) is 0. The summed E-state index contributed by atoms with van der Waals surface area (Å²) in [5, 5.41) is 3.57. The number of nitrogens with one attached hydrogen (secondary N) is 1. The van der Waals surface area contributed by atoms with Crippen LogP contribution in [-0.2, 0) is 9.47 Å². The SMILES string of the molecule is COCCCOCCN1CCNCC12CCCC2. The van der Waals surface area contributed by atoms with Crippen molar-refractivity contribution in [2.24, 2.45) is 0 Å². The molecule has 1 saturated heterocycles. The fourth-order valence-electron chi connectivity index (χ4n) is 3.34. The second kappa shape index (κ2) is 7.43. The van der Waals surface area contributed by atoms with Gasteiger partial charge < -0.3 is 14.8 Å². The molecule has 1 aliphatic heterocycles. The molecule has 0 unspecified atom stereocenters. The van der Waals surface area contributed by atoms with E-state index in [-0.39, 0.29) is 0 Å². The number of methoxy groups -OCH3 is 1. The predicted molar refractivity (Wildman–Crippen MR) is 73.0 cm³/mol. The summed E-state index contributed by atoms with van der Waals surface area (Å²) in [5.41, 5.74) is 0.453. The molecule has 0 atom stereocenters. The van der Waals surface area contributed by atoms with Gasteiger partial charge >= 0.3 is 0 Å². The van der Waals surface area contributed by atoms with Crippen molar-refractivity contribution in [2.75, 3.05) is 53.1 Å². The Bertz CT molecular complexity index is 230. The van der Waals surface area contributed by atoms with Crippen LogP contribution in [0.3, 0.4) is 0 Å². The normalized spacial score (nSPS) is 23.8. The maximum atomic E-state index is 5.70. The molecule has 0 radical (unpaired) electrons. The largest absolute Gasteiger partial charge is 0.385 e. The Labute approximate surface area is 111 Å². The van der Waals surface area contributed by atoms with Gasteiger partial charge in [0.1, 0.15) is 0 Å². The summed E-state index contributed by atoms with van der Waals surface area (Å²) in [4.78, 5) is 2.67. The molecule has 2 rings (SSSR count). The lowest BCUT2D eigenvalue weighted by Gasteiger charge is -2.45. The van der Waals surface area contributed by atoms with Gasteiger partial charge in [-0.05, 0) is 19.3 Å². The van der Waals surface area contributed by atoms with E-state index in [0.29, 0.717) is 5.54 Å². The maximum absolute atomic E-state index is 5.70. The summed E-state index contributed by atoms with van der Waals surface area (Å²) in [6.45, 7) is 7.08. The first-order valence-electron chi connectivity index (χ1n) is 7.40. The van der Waals surface area contributed by atoms with Gasteiger partial charge in [-0.15, -0.1) is 0 Å². The van der Waals surface area contributed by atoms with Gasteiger partial charge in [0.2, 0.25) is 0 Å². The zero-order valence-corrected chi connectivity index (χ0v) is 11.7. The molecule has 1 spiro atoms. The van der Waals surface area contributed by atoms with Gasteiger partial charge in [-0.25, -0.2) is 0 Å². The molecule has 1 N–H and O–H groups in total. The number of ether oxygens (including phenoxy) is 2. The fourth-order valence-corrected chi connectivity index (χ4v) is 3.34. The van der Waals surface area contributed by atoms with Crippen LogP contribution in [0.2, 0.25) is 0 Å². The first-order valence-corrected chi connectivity index (χ1v) is 7.40. The Morgan fingerprint density at radius 2 is 2.00 bits per heavy atom. The average molecular weight is 256 g/mol. The van der Waals surface area contributed by atoms with Crippen LogP contribution in [0.25, 0.3) is 0 Å². The fraction of sp³-hybridized carbons (Fsp3) is 1.00. The molecule has 106 valence electrons. The number of piperazine rings is 1. The number of hydrogen-bond donors (Lipinski definition) is 1. The van der Waals surface area contributed by atoms with Crippen molar-refractivity contribution in [3.05, 3.63) is 0 Å². The van der Waals surface area contributed by atoms with Crippen LogP contribution in [-0.4, -0.2) is 63.5 Å². The number of nitrogens with zero attached hydrogens (tertiary/aromatic N) is 1. The molecule has 0 amide bonds. The Hall–Kier alpha value is -0.160. The summed E-state index contributed by atoms with van der Waals surface area (Å²) in [6.07, 6.45) is 6.52. The van der Waals surface area contributed by atoms with Gasteiger partial charge in [0.15, 0.2) is 0 Å². The molecule has 0 aromatic carbocycles. The van der Waals surface area contributed by atoms with Crippen LogP contribution < -0.4 is 5.32 Å². The summed E-state index contributed by atoms with van der Waals surface area (Å²) >= 11 is 0. The van der Waals surface area contributed by atoms with Crippen LogP contribution in [0.15, 0.2) is 0 Å². The molecule has 0 aromatic rings. The van der Waals surface area contributed by atoms with Crippen LogP contribution in [0.4, 0.5) is 0 Å². The van der Waals surface area contributed by atoms with Crippen molar-refractivity contribution in [1.29, 1.82) is 0 Å². The third-order valence-corrected chi connectivity index (χ3v) is 4.36. The van der Waals surface area contributed by atoms with Crippen molar-refractivity contribution >= 4 is 0 Å². The number of rotatable bonds is 7. The molecule has 18 heavy (non-hydrogen) atoms. The van der Waals surface area contributed by atoms with Crippen LogP contribution in [0.1, 0.15) is 32.1 Å². The third kappa shape index (κ3) is 3.67. The maximum Gasteiger partial charge on any atom is 0.0593 e. The van der Waals surface area contributed by atoms with E-state index in [2.05, 4.69) is 10.2 Å². The molecule has 1 saturated carbocycles. The topological polar surface area (TPSA) is 33.7 Å². The zero-order chi connectivity index (χ0) is 12.7. The van der Waals surface area contributed by atoms with Crippen molar-refractivity contribution < 1.29 is 9.47 Å². The molecular formula is C14H28N2O2. The van der Waals surface area contributed by atoms with Gasteiger partial charge in [0.25, 0.3) is 0 Å². The van der Waals surface area contributed by atoms with Gasteiger partial charge in [-0.2, -0.15) is 0 Å². The summed E-state index contributed by atoms with van der Waals surface area (Å²) in [7, 11) is 1.74. The summed E-state index contributed by atoms with van der Waals surface area (Å²) < 4.78 is 10.7. The quantitative estimate of drug-likeness (QED) is 0.695. The van der Waals surface area contributed by atoms with E-state index < -0.39 is 0 Å². The molecule has 2 fully saturated rings. The highest BCUT2D eigenvalue weighted by Crippen LogP contribution is 2.35. The van der Waals surface area contributed by atoms with Crippen LogP contribution >= 0.6 is 0 Å². The monoisotopic (exact) mass is 256 g/mol. The molecule has 0 aromatic heterocycles. The van der Waals surface area contributed by atoms with Gasteiger partial charge in [0, 0.05) is 52.0 Å². The Balaban J connectivity index is 1.66. The average Bonchev–Trinajstić information content (AvgIpc) is 2.85. The van der Waals surface area contributed by atoms with E-state index in [1.165, 1.54) is 38.8 Å². The lowest BCUT2D eigenvalue weighted by atomic mass is 9.93. The zero-order valence-electron chi connectivity index (χ0n) is 11.7. The van der Waals surface area contributed by atoms with E-state index >= 15 is 0 Å². The predicted octanol–water partition coefficient (Wildman–Crippen LogP) is 1.26. The van der Waals surface area contributed by atoms with Crippen molar-refractivity contribution in [3.8, 4) is 0 Å². The second-order valence-corrected chi connectivity index (χ2v) is 5.55. The van der Waals surface area contributed by atoms with Crippen molar-refractivity contribution in [3.63, 3.8) is 0 Å². The molecular weight excluding hydrogens is 228 g/mol. The molecule has 4 heteroatoms. The van der Waals surface area contributed by atoms with E-state index in [9.17, 15) is 0 Å². The lowest BCUT2D eigenvalue weighted by Crippen LogP contribution is -2.60. The third-order valence-electron chi connectivity index (χ3n) is 4.36. The molecule has 0 bridgehead atoms. The number of hydrogen-bond acceptors (Lipinski definition) is 4. The molecule has 2 aliphatic rings. The Morgan fingerprint density at radius 3 is 2.78 bits per heavy atom. The second-order valence-electron chi connectivity index (χ2n) is 5.55. The van der Waals surface area contributed by atoms with E-state index in [4.69, 9.17) is 9.47 Å². The Kier molecular flexibility index (Phi) is 5.89. The van der Waals surface area contributed by atoms with Crippen molar-refractivity contribution in [1.82, 2.24) is 10.2 Å². The highest BCUT2D eigenvalue weighted by atomic mass is 16.5. The van der Waals surface area contributed by atoms with Crippen molar-refractivity contribution in [2.45, 2.75) is 37.6 Å². The Morgan fingerprint density at radius 1 is 1.17 bits per heavy atom. The minimum absolute atomic E-state index is 0.453. The standard InChI is InChI=1S/C14H28N2O2/c1-17-10-4-11-18-12-9-16-8-7-15-13-14(16)5-2-3-6-14/h15H,2-13H2,1H3. The van der Waals surface area contributed by atoms with E-state index in [0.717, 1.165) is 39.3 Å². The highest BCUT2D eigenvalue weighted by Gasteiger charge is 2.40. The molecule has 1 heterocycles. The van der Waals surface area contributed by atoms with Gasteiger partial charge in [0.05, 0.1) is 6.61 Å².